The number of allylic oxidation sites excluding steroid dienone is 1. The van der Waals surface area contributed by atoms with Crippen molar-refractivity contribution in [2.75, 3.05) is 32.1 Å². The van der Waals surface area contributed by atoms with Crippen LogP contribution < -0.4 is 10.1 Å². The van der Waals surface area contributed by atoms with Crippen molar-refractivity contribution in [2.24, 2.45) is 5.92 Å². The van der Waals surface area contributed by atoms with E-state index in [2.05, 4.69) is 21.4 Å². The maximum absolute atomic E-state index is 12.9. The number of amides is 1. The zero-order chi connectivity index (χ0) is 21.7. The maximum Gasteiger partial charge on any atom is 0.227 e. The average Bonchev–Trinajstić information content (AvgIpc) is 3.03. The molecule has 1 aromatic heterocycles. The fraction of sp³-hybridized carbons (Fsp3) is 0.417. The van der Waals surface area contributed by atoms with Crippen LogP contribution in [0, 0.1) is 19.8 Å². The van der Waals surface area contributed by atoms with Crippen LogP contribution in [-0.4, -0.2) is 47.9 Å². The van der Waals surface area contributed by atoms with Crippen LogP contribution in [0.2, 0.25) is 0 Å². The summed E-state index contributed by atoms with van der Waals surface area (Å²) in [6.07, 6.45) is 3.32. The van der Waals surface area contributed by atoms with E-state index in [-0.39, 0.29) is 17.6 Å². The topological polar surface area (TPSA) is 63.6 Å². The third kappa shape index (κ3) is 4.82. The number of aryl methyl sites for hydroxylation is 1. The van der Waals surface area contributed by atoms with Crippen molar-refractivity contribution in [3.63, 3.8) is 0 Å². The van der Waals surface area contributed by atoms with E-state index in [1.165, 1.54) is 0 Å². The fourth-order valence-electron chi connectivity index (χ4n) is 4.12. The van der Waals surface area contributed by atoms with Gasteiger partial charge in [-0.05, 0) is 58.0 Å². The number of nitrogens with zero attached hydrogens (tertiary/aromatic N) is 2. The first-order chi connectivity index (χ1) is 14.4. The Kier molecular flexibility index (Phi) is 7.11. The van der Waals surface area contributed by atoms with Gasteiger partial charge in [-0.25, -0.2) is 0 Å². The molecule has 1 fully saturated rings. The van der Waals surface area contributed by atoms with E-state index < -0.39 is 0 Å². The highest BCUT2D eigenvalue weighted by Gasteiger charge is 2.27. The highest BCUT2D eigenvalue weighted by atomic mass is 16.5. The van der Waals surface area contributed by atoms with Crippen LogP contribution in [0.4, 0.5) is 5.69 Å². The van der Waals surface area contributed by atoms with Crippen LogP contribution >= 0.6 is 0 Å². The number of nitrogens with one attached hydrogen (secondary N) is 1. The number of rotatable bonds is 8. The number of para-hydroxylation sites is 2. The molecule has 1 amide bonds. The molecule has 0 unspecified atom stereocenters. The Hall–Kier alpha value is -2.86. The fourth-order valence-corrected chi connectivity index (χ4v) is 4.12. The molecule has 0 aliphatic carbocycles. The predicted octanol–water partition coefficient (Wildman–Crippen LogP) is 3.83. The summed E-state index contributed by atoms with van der Waals surface area (Å²) < 4.78 is 7.41. The third-order valence-electron chi connectivity index (χ3n) is 5.88. The lowest BCUT2D eigenvalue weighted by Crippen LogP contribution is -2.40. The number of carbonyl (C=O) groups excluding carboxylic acids is 2. The Labute approximate surface area is 178 Å². The number of piperidine rings is 1. The lowest BCUT2D eigenvalue weighted by molar-refractivity contribution is -0.121. The minimum Gasteiger partial charge on any atom is -0.495 e. The van der Waals surface area contributed by atoms with E-state index in [0.717, 1.165) is 42.9 Å². The molecule has 1 aromatic carbocycles. The number of likely N-dealkylation sites (tertiary alicyclic amines) is 1. The van der Waals surface area contributed by atoms with E-state index in [4.69, 9.17) is 4.74 Å². The first-order valence-electron chi connectivity index (χ1n) is 10.4. The van der Waals surface area contributed by atoms with Crippen molar-refractivity contribution in [3.05, 3.63) is 59.9 Å². The van der Waals surface area contributed by atoms with Crippen molar-refractivity contribution < 1.29 is 14.3 Å². The second-order valence-corrected chi connectivity index (χ2v) is 7.85. The molecule has 0 radical (unpaired) electrons. The Morgan fingerprint density at radius 3 is 2.60 bits per heavy atom. The smallest absolute Gasteiger partial charge is 0.227 e. The molecule has 1 aliphatic heterocycles. The molecule has 0 spiro atoms. The van der Waals surface area contributed by atoms with Gasteiger partial charge in [0.05, 0.1) is 19.3 Å². The Bertz CT molecular complexity index is 924. The summed E-state index contributed by atoms with van der Waals surface area (Å²) in [5, 5.41) is 2.98. The SMILES string of the molecule is C=CCn1c(C)cc(C(=O)CN2CCC(C(=O)Nc3ccccc3OC)CC2)c1C. The summed E-state index contributed by atoms with van der Waals surface area (Å²) >= 11 is 0. The number of benzene rings is 1. The number of aromatic nitrogens is 1. The number of hydrogen-bond donors (Lipinski definition) is 1. The molecule has 0 saturated carbocycles. The van der Waals surface area contributed by atoms with Crippen LogP contribution in [0.25, 0.3) is 0 Å². The van der Waals surface area contributed by atoms with E-state index in [1.54, 1.807) is 7.11 Å². The normalized spacial score (nSPS) is 15.0. The van der Waals surface area contributed by atoms with Gasteiger partial charge < -0.3 is 14.6 Å². The zero-order valence-corrected chi connectivity index (χ0v) is 18.1. The maximum atomic E-state index is 12.9. The van der Waals surface area contributed by atoms with Crippen molar-refractivity contribution in [2.45, 2.75) is 33.2 Å². The second kappa shape index (κ2) is 9.76. The number of ether oxygens (including phenoxy) is 1. The van der Waals surface area contributed by atoms with Crippen LogP contribution in [0.1, 0.15) is 34.6 Å². The quantitative estimate of drug-likeness (QED) is 0.532. The van der Waals surface area contributed by atoms with Crippen molar-refractivity contribution in [1.82, 2.24) is 9.47 Å². The number of Topliss-reactive ketones (excluding diaryl/α,β-unsaturated/α-hetero) is 1. The van der Waals surface area contributed by atoms with Gasteiger partial charge in [-0.15, -0.1) is 6.58 Å². The molecule has 6 nitrogen and oxygen atoms in total. The lowest BCUT2D eigenvalue weighted by Gasteiger charge is -2.30. The number of carbonyl (C=O) groups is 2. The van der Waals surface area contributed by atoms with Crippen molar-refractivity contribution in [3.8, 4) is 5.75 Å². The molecule has 160 valence electrons. The van der Waals surface area contributed by atoms with Crippen LogP contribution in [0.15, 0.2) is 43.0 Å². The van der Waals surface area contributed by atoms with Crippen molar-refractivity contribution in [1.29, 1.82) is 0 Å². The molecule has 0 atom stereocenters. The van der Waals surface area contributed by atoms with E-state index in [1.807, 2.05) is 50.3 Å². The molecular formula is C24H31N3O3. The highest BCUT2D eigenvalue weighted by molar-refractivity contribution is 5.99. The first-order valence-corrected chi connectivity index (χ1v) is 10.4. The number of anilines is 1. The number of methoxy groups -OCH3 is 1. The monoisotopic (exact) mass is 409 g/mol. The molecule has 6 heteroatoms. The molecule has 1 saturated heterocycles. The van der Waals surface area contributed by atoms with Gasteiger partial charge in [0.2, 0.25) is 5.91 Å². The van der Waals surface area contributed by atoms with Gasteiger partial charge in [0.15, 0.2) is 5.78 Å². The van der Waals surface area contributed by atoms with Gasteiger partial charge in [-0.1, -0.05) is 18.2 Å². The summed E-state index contributed by atoms with van der Waals surface area (Å²) in [5.74, 6) is 0.746. The van der Waals surface area contributed by atoms with Gasteiger partial charge in [0, 0.05) is 29.4 Å². The van der Waals surface area contributed by atoms with E-state index in [0.29, 0.717) is 24.5 Å². The lowest BCUT2D eigenvalue weighted by atomic mass is 9.95. The summed E-state index contributed by atoms with van der Waals surface area (Å²) in [6, 6.07) is 9.38. The molecule has 3 rings (SSSR count). The molecule has 1 N–H and O–H groups in total. The zero-order valence-electron chi connectivity index (χ0n) is 18.1. The van der Waals surface area contributed by atoms with Gasteiger partial charge >= 0.3 is 0 Å². The van der Waals surface area contributed by atoms with Crippen LogP contribution in [-0.2, 0) is 11.3 Å². The van der Waals surface area contributed by atoms with E-state index >= 15 is 0 Å². The Morgan fingerprint density at radius 2 is 1.93 bits per heavy atom. The minimum absolute atomic E-state index is 0.0125. The van der Waals surface area contributed by atoms with Crippen molar-refractivity contribution >= 4 is 17.4 Å². The molecule has 30 heavy (non-hydrogen) atoms. The van der Waals surface area contributed by atoms with Gasteiger partial charge in [-0.2, -0.15) is 0 Å². The number of hydrogen-bond acceptors (Lipinski definition) is 4. The van der Waals surface area contributed by atoms with Gasteiger partial charge in [0.25, 0.3) is 0 Å². The Balaban J connectivity index is 1.54. The molecular weight excluding hydrogens is 378 g/mol. The third-order valence-corrected chi connectivity index (χ3v) is 5.88. The predicted molar refractivity (Wildman–Crippen MR) is 119 cm³/mol. The van der Waals surface area contributed by atoms with Gasteiger partial charge in [0.1, 0.15) is 5.75 Å². The summed E-state index contributed by atoms with van der Waals surface area (Å²) in [6.45, 7) is 10.4. The second-order valence-electron chi connectivity index (χ2n) is 7.85. The van der Waals surface area contributed by atoms with Crippen LogP contribution in [0.5, 0.6) is 5.75 Å². The summed E-state index contributed by atoms with van der Waals surface area (Å²) in [4.78, 5) is 27.7. The molecule has 0 bridgehead atoms. The van der Waals surface area contributed by atoms with Crippen LogP contribution in [0.3, 0.4) is 0 Å². The van der Waals surface area contributed by atoms with Gasteiger partial charge in [-0.3, -0.25) is 14.5 Å². The molecule has 2 aromatic rings. The number of ketones is 1. The Morgan fingerprint density at radius 1 is 1.23 bits per heavy atom. The summed E-state index contributed by atoms with van der Waals surface area (Å²) in [5.41, 5.74) is 3.54. The first kappa shape index (κ1) is 21.8. The minimum atomic E-state index is -0.0566. The van der Waals surface area contributed by atoms with E-state index in [9.17, 15) is 9.59 Å². The standard InChI is InChI=1S/C24H31N3O3/c1-5-12-27-17(2)15-20(18(27)3)22(28)16-26-13-10-19(11-14-26)24(29)25-21-8-6-7-9-23(21)30-4/h5-9,15,19H,1,10-14,16H2,2-4H3,(H,25,29). The molecule has 1 aliphatic rings. The average molecular weight is 410 g/mol. The molecule has 2 heterocycles. The highest BCUT2D eigenvalue weighted by Crippen LogP contribution is 2.26. The summed E-state index contributed by atoms with van der Waals surface area (Å²) in [7, 11) is 1.59. The largest absolute Gasteiger partial charge is 0.495 e.